The van der Waals surface area contributed by atoms with Crippen molar-refractivity contribution in [2.45, 2.75) is 17.9 Å². The molecule has 0 saturated heterocycles. The van der Waals surface area contributed by atoms with Crippen LogP contribution in [-0.4, -0.2) is 37.0 Å². The Hall–Kier alpha value is -2.21. The van der Waals surface area contributed by atoms with E-state index < -0.39 is 16.1 Å². The third-order valence-electron chi connectivity index (χ3n) is 4.49. The van der Waals surface area contributed by atoms with Crippen molar-refractivity contribution in [2.75, 3.05) is 13.1 Å². The minimum Gasteiger partial charge on any atom is -0.388 e. The number of nitrogens with zero attached hydrogens (tertiary/aromatic N) is 1. The SMILES string of the molecule is Cc1ccc(S(=O)(=O)N2CC=C[C@H]([C@@H](O)/C=C/c3ccccc3)C2)cc1. The van der Waals surface area contributed by atoms with Crippen molar-refractivity contribution >= 4 is 16.1 Å². The van der Waals surface area contributed by atoms with E-state index in [-0.39, 0.29) is 17.4 Å². The van der Waals surface area contributed by atoms with Crippen LogP contribution in [0.3, 0.4) is 0 Å². The van der Waals surface area contributed by atoms with E-state index in [2.05, 4.69) is 0 Å². The zero-order valence-electron chi connectivity index (χ0n) is 14.7. The number of benzene rings is 2. The molecule has 0 aliphatic carbocycles. The Morgan fingerprint density at radius 2 is 1.81 bits per heavy atom. The lowest BCUT2D eigenvalue weighted by atomic mass is 9.98. The molecule has 0 spiro atoms. The maximum Gasteiger partial charge on any atom is 0.243 e. The van der Waals surface area contributed by atoms with Crippen LogP contribution < -0.4 is 0 Å². The van der Waals surface area contributed by atoms with Crippen LogP contribution in [0.1, 0.15) is 11.1 Å². The maximum absolute atomic E-state index is 12.8. The molecule has 2 aromatic carbocycles. The number of aryl methyl sites for hydroxylation is 1. The van der Waals surface area contributed by atoms with Gasteiger partial charge in [-0.25, -0.2) is 8.42 Å². The highest BCUT2D eigenvalue weighted by molar-refractivity contribution is 7.89. The Morgan fingerprint density at radius 3 is 2.50 bits per heavy atom. The van der Waals surface area contributed by atoms with Gasteiger partial charge in [0, 0.05) is 19.0 Å². The van der Waals surface area contributed by atoms with Gasteiger partial charge in [-0.3, -0.25) is 0 Å². The van der Waals surface area contributed by atoms with Crippen LogP contribution >= 0.6 is 0 Å². The molecule has 0 aromatic heterocycles. The number of aliphatic hydroxyl groups is 1. The van der Waals surface area contributed by atoms with Crippen LogP contribution in [0, 0.1) is 12.8 Å². The zero-order valence-corrected chi connectivity index (χ0v) is 15.5. The van der Waals surface area contributed by atoms with Gasteiger partial charge in [-0.05, 0) is 24.6 Å². The molecule has 2 atom stereocenters. The third-order valence-corrected chi connectivity index (χ3v) is 6.34. The number of sulfonamides is 1. The van der Waals surface area contributed by atoms with Crippen molar-refractivity contribution in [3.8, 4) is 0 Å². The summed E-state index contributed by atoms with van der Waals surface area (Å²) in [6.07, 6.45) is 6.52. The largest absolute Gasteiger partial charge is 0.388 e. The lowest BCUT2D eigenvalue weighted by Crippen LogP contribution is -2.40. The van der Waals surface area contributed by atoms with E-state index in [4.69, 9.17) is 0 Å². The predicted octanol–water partition coefficient (Wildman–Crippen LogP) is 3.25. The molecular weight excluding hydrogens is 346 g/mol. The first-order chi connectivity index (χ1) is 12.5. The summed E-state index contributed by atoms with van der Waals surface area (Å²) in [4.78, 5) is 0.284. The molecule has 1 aliphatic heterocycles. The Labute approximate surface area is 155 Å². The number of hydrogen-bond donors (Lipinski definition) is 1. The molecule has 0 saturated carbocycles. The van der Waals surface area contributed by atoms with Gasteiger partial charge in [0.25, 0.3) is 0 Å². The Balaban J connectivity index is 1.72. The fourth-order valence-corrected chi connectivity index (χ4v) is 4.35. The summed E-state index contributed by atoms with van der Waals surface area (Å²) in [7, 11) is -3.57. The van der Waals surface area contributed by atoms with Gasteiger partial charge in [0.1, 0.15) is 0 Å². The molecule has 1 heterocycles. The molecule has 0 radical (unpaired) electrons. The van der Waals surface area contributed by atoms with Crippen molar-refractivity contribution in [2.24, 2.45) is 5.92 Å². The van der Waals surface area contributed by atoms with Gasteiger partial charge in [-0.1, -0.05) is 72.3 Å². The molecule has 0 amide bonds. The van der Waals surface area contributed by atoms with E-state index in [1.165, 1.54) is 4.31 Å². The lowest BCUT2D eigenvalue weighted by Gasteiger charge is -2.29. The highest BCUT2D eigenvalue weighted by Gasteiger charge is 2.30. The van der Waals surface area contributed by atoms with E-state index in [1.807, 2.05) is 49.4 Å². The molecule has 136 valence electrons. The normalized spacial score (nSPS) is 19.7. The van der Waals surface area contributed by atoms with Gasteiger partial charge >= 0.3 is 0 Å². The number of hydrogen-bond acceptors (Lipinski definition) is 3. The van der Waals surface area contributed by atoms with E-state index in [9.17, 15) is 13.5 Å². The first-order valence-corrected chi connectivity index (χ1v) is 10.1. The van der Waals surface area contributed by atoms with Crippen LogP contribution in [-0.2, 0) is 10.0 Å². The van der Waals surface area contributed by atoms with Gasteiger partial charge < -0.3 is 5.11 Å². The third kappa shape index (κ3) is 4.30. The van der Waals surface area contributed by atoms with Crippen LogP contribution in [0.2, 0.25) is 0 Å². The van der Waals surface area contributed by atoms with Gasteiger partial charge in [0.05, 0.1) is 11.0 Å². The highest BCUT2D eigenvalue weighted by atomic mass is 32.2. The molecule has 0 bridgehead atoms. The van der Waals surface area contributed by atoms with Gasteiger partial charge in [0.15, 0.2) is 0 Å². The summed E-state index contributed by atoms with van der Waals surface area (Å²) in [5.41, 5.74) is 2.01. The topological polar surface area (TPSA) is 57.6 Å². The fraction of sp³-hybridized carbons (Fsp3) is 0.238. The quantitative estimate of drug-likeness (QED) is 0.823. The van der Waals surface area contributed by atoms with Crippen LogP contribution in [0.5, 0.6) is 0 Å². The average Bonchev–Trinajstić information content (AvgIpc) is 2.67. The van der Waals surface area contributed by atoms with Crippen LogP contribution in [0.25, 0.3) is 6.08 Å². The monoisotopic (exact) mass is 369 g/mol. The van der Waals surface area contributed by atoms with Crippen LogP contribution in [0.15, 0.2) is 77.7 Å². The van der Waals surface area contributed by atoms with Crippen molar-refractivity contribution in [3.05, 3.63) is 84.0 Å². The summed E-state index contributed by atoms with van der Waals surface area (Å²) in [6, 6.07) is 16.6. The summed E-state index contributed by atoms with van der Waals surface area (Å²) in [5, 5.41) is 10.5. The number of aliphatic hydroxyl groups excluding tert-OH is 1. The van der Waals surface area contributed by atoms with Crippen molar-refractivity contribution in [1.82, 2.24) is 4.31 Å². The van der Waals surface area contributed by atoms with Crippen molar-refractivity contribution in [3.63, 3.8) is 0 Å². The minimum atomic E-state index is -3.57. The summed E-state index contributed by atoms with van der Waals surface area (Å²) >= 11 is 0. The minimum absolute atomic E-state index is 0.257. The van der Waals surface area contributed by atoms with Gasteiger partial charge in [0.2, 0.25) is 10.0 Å². The molecule has 4 nitrogen and oxygen atoms in total. The summed E-state index contributed by atoms with van der Waals surface area (Å²) in [6.45, 7) is 2.50. The van der Waals surface area contributed by atoms with Crippen molar-refractivity contribution in [1.29, 1.82) is 0 Å². The van der Waals surface area contributed by atoms with E-state index in [0.29, 0.717) is 6.54 Å². The Kier molecular flexibility index (Phi) is 5.71. The first-order valence-electron chi connectivity index (χ1n) is 8.61. The molecule has 5 heteroatoms. The second-order valence-electron chi connectivity index (χ2n) is 6.49. The van der Waals surface area contributed by atoms with E-state index in [1.54, 1.807) is 36.4 Å². The fourth-order valence-electron chi connectivity index (χ4n) is 2.92. The van der Waals surface area contributed by atoms with Gasteiger partial charge in [-0.2, -0.15) is 4.31 Å². The van der Waals surface area contributed by atoms with E-state index in [0.717, 1.165) is 11.1 Å². The highest BCUT2D eigenvalue weighted by Crippen LogP contribution is 2.23. The zero-order chi connectivity index (χ0) is 18.6. The van der Waals surface area contributed by atoms with Crippen LogP contribution in [0.4, 0.5) is 0 Å². The standard InChI is InChI=1S/C21H23NO3S/c1-17-9-12-20(13-10-17)26(24,25)22-15-5-8-19(16-22)21(23)14-11-18-6-3-2-4-7-18/h2-14,19,21,23H,15-16H2,1H3/b14-11+/t19-,21-/m0/s1. The molecule has 1 N–H and O–H groups in total. The lowest BCUT2D eigenvalue weighted by molar-refractivity contribution is 0.159. The predicted molar refractivity (Wildman–Crippen MR) is 104 cm³/mol. The Bertz CT molecular complexity index is 887. The second-order valence-corrected chi connectivity index (χ2v) is 8.43. The summed E-state index contributed by atoms with van der Waals surface area (Å²) < 4.78 is 27.1. The molecule has 26 heavy (non-hydrogen) atoms. The maximum atomic E-state index is 12.8. The first kappa shape index (κ1) is 18.6. The molecule has 0 fully saturated rings. The Morgan fingerprint density at radius 1 is 1.12 bits per heavy atom. The molecular formula is C21H23NO3S. The smallest absolute Gasteiger partial charge is 0.243 e. The second kappa shape index (κ2) is 7.99. The average molecular weight is 369 g/mol. The molecule has 2 aromatic rings. The molecule has 3 rings (SSSR count). The summed E-state index contributed by atoms with van der Waals surface area (Å²) in [5.74, 6) is -0.274. The van der Waals surface area contributed by atoms with Gasteiger partial charge in [-0.15, -0.1) is 0 Å². The molecule has 1 aliphatic rings. The van der Waals surface area contributed by atoms with E-state index >= 15 is 0 Å². The van der Waals surface area contributed by atoms with Crippen molar-refractivity contribution < 1.29 is 13.5 Å². The number of rotatable bonds is 5. The molecule has 0 unspecified atom stereocenters.